The van der Waals surface area contributed by atoms with E-state index in [1.54, 1.807) is 17.7 Å². The third-order valence-corrected chi connectivity index (χ3v) is 5.03. The van der Waals surface area contributed by atoms with E-state index < -0.39 is 0 Å². The van der Waals surface area contributed by atoms with Gasteiger partial charge in [-0.1, -0.05) is 6.07 Å². The molecule has 0 saturated carbocycles. The molecule has 1 fully saturated rings. The summed E-state index contributed by atoms with van der Waals surface area (Å²) in [5, 5.41) is 5.95. The molecule has 3 aromatic heterocycles. The van der Waals surface area contributed by atoms with Crippen LogP contribution in [-0.4, -0.2) is 33.4 Å². The zero-order valence-electron chi connectivity index (χ0n) is 13.3. The van der Waals surface area contributed by atoms with Crippen LogP contribution in [0.15, 0.2) is 36.0 Å². The predicted molar refractivity (Wildman–Crippen MR) is 95.4 cm³/mol. The number of fused-ring (bicyclic) bond motifs is 1. The topological polar surface area (TPSA) is 71.0 Å². The first-order valence-corrected chi connectivity index (χ1v) is 8.80. The van der Waals surface area contributed by atoms with E-state index in [1.165, 1.54) is 0 Å². The van der Waals surface area contributed by atoms with Gasteiger partial charge in [0.15, 0.2) is 0 Å². The maximum Gasteiger partial charge on any atom is 0.248 e. The molecule has 1 saturated heterocycles. The summed E-state index contributed by atoms with van der Waals surface area (Å²) in [6.45, 7) is 2.73. The molecule has 1 N–H and O–H groups in total. The second-order valence-electron chi connectivity index (χ2n) is 5.84. The Labute approximate surface area is 143 Å². The summed E-state index contributed by atoms with van der Waals surface area (Å²) < 4.78 is 0. The van der Waals surface area contributed by atoms with Crippen LogP contribution < -0.4 is 10.2 Å². The highest BCUT2D eigenvalue weighted by molar-refractivity contribution is 7.16. The smallest absolute Gasteiger partial charge is 0.248 e. The number of aromatic nitrogens is 3. The van der Waals surface area contributed by atoms with Gasteiger partial charge in [-0.2, -0.15) is 0 Å². The molecule has 7 heteroatoms. The Morgan fingerprint density at radius 2 is 2.25 bits per heavy atom. The van der Waals surface area contributed by atoms with Gasteiger partial charge >= 0.3 is 0 Å². The van der Waals surface area contributed by atoms with Crippen LogP contribution in [0.5, 0.6) is 0 Å². The van der Waals surface area contributed by atoms with Crippen molar-refractivity contribution in [1.29, 1.82) is 0 Å². The van der Waals surface area contributed by atoms with E-state index in [1.807, 2.05) is 36.6 Å². The van der Waals surface area contributed by atoms with Crippen LogP contribution in [0.3, 0.4) is 0 Å². The average molecular weight is 339 g/mol. The van der Waals surface area contributed by atoms with Gasteiger partial charge in [-0.3, -0.25) is 4.79 Å². The van der Waals surface area contributed by atoms with E-state index in [4.69, 9.17) is 0 Å². The first-order valence-electron chi connectivity index (χ1n) is 7.92. The minimum atomic E-state index is -0.231. The molecule has 0 aromatic carbocycles. The highest BCUT2D eigenvalue weighted by atomic mass is 32.1. The van der Waals surface area contributed by atoms with Gasteiger partial charge in [0.25, 0.3) is 0 Å². The van der Waals surface area contributed by atoms with E-state index in [-0.39, 0.29) is 11.9 Å². The van der Waals surface area contributed by atoms with Gasteiger partial charge < -0.3 is 10.2 Å². The minimum Gasteiger partial charge on any atom is -0.344 e. The highest BCUT2D eigenvalue weighted by Crippen LogP contribution is 2.32. The Kier molecular flexibility index (Phi) is 3.86. The fraction of sp³-hybridized carbons (Fsp3) is 0.294. The third-order valence-electron chi connectivity index (χ3n) is 4.21. The molecular formula is C17H17N5OS. The summed E-state index contributed by atoms with van der Waals surface area (Å²) >= 11 is 1.59. The number of carbonyl (C=O) groups excluding carboxylic acids is 1. The lowest BCUT2D eigenvalue weighted by Gasteiger charge is -2.25. The van der Waals surface area contributed by atoms with Crippen molar-refractivity contribution in [3.8, 4) is 0 Å². The van der Waals surface area contributed by atoms with Gasteiger partial charge in [0.1, 0.15) is 28.8 Å². The van der Waals surface area contributed by atoms with Crippen molar-refractivity contribution < 1.29 is 4.79 Å². The number of anilines is 2. The number of hydrogen-bond donors (Lipinski definition) is 1. The Balaban J connectivity index is 1.60. The molecule has 4 heterocycles. The molecule has 1 aliphatic heterocycles. The van der Waals surface area contributed by atoms with Crippen molar-refractivity contribution in [3.05, 3.63) is 41.7 Å². The molecule has 4 rings (SSSR count). The summed E-state index contributed by atoms with van der Waals surface area (Å²) in [6.07, 6.45) is 3.35. The molecule has 1 unspecified atom stereocenters. The number of hydrogen-bond acceptors (Lipinski definition) is 6. The van der Waals surface area contributed by atoms with Gasteiger partial charge in [0, 0.05) is 12.2 Å². The van der Waals surface area contributed by atoms with Crippen LogP contribution in [0.25, 0.3) is 10.2 Å². The van der Waals surface area contributed by atoms with Gasteiger partial charge in [-0.25, -0.2) is 15.0 Å². The number of amides is 1. The molecular weight excluding hydrogens is 322 g/mol. The van der Waals surface area contributed by atoms with Gasteiger partial charge in [0.2, 0.25) is 5.91 Å². The van der Waals surface area contributed by atoms with Crippen molar-refractivity contribution >= 4 is 39.1 Å². The lowest BCUT2D eigenvalue weighted by molar-refractivity contribution is -0.117. The molecule has 0 spiro atoms. The molecule has 3 aromatic rings. The van der Waals surface area contributed by atoms with Crippen LogP contribution in [0.1, 0.15) is 18.5 Å². The second-order valence-corrected chi connectivity index (χ2v) is 6.74. The fourth-order valence-corrected chi connectivity index (χ4v) is 3.85. The Morgan fingerprint density at radius 1 is 1.33 bits per heavy atom. The zero-order valence-corrected chi connectivity index (χ0v) is 14.1. The fourth-order valence-electron chi connectivity index (χ4n) is 3.12. The number of nitrogens with one attached hydrogen (secondary N) is 1. The summed E-state index contributed by atoms with van der Waals surface area (Å²) in [5.41, 5.74) is 0.881. The molecule has 122 valence electrons. The summed E-state index contributed by atoms with van der Waals surface area (Å²) in [4.78, 5) is 28.9. The lowest BCUT2D eigenvalue weighted by Crippen LogP contribution is -2.40. The molecule has 1 amide bonds. The lowest BCUT2D eigenvalue weighted by atomic mass is 10.2. The van der Waals surface area contributed by atoms with Crippen LogP contribution in [0, 0.1) is 6.92 Å². The molecule has 1 aliphatic rings. The molecule has 0 aliphatic carbocycles. The standard InChI is InChI=1S/C17H17N5OS/c1-11-4-2-6-14(20-11)21-16(23)13-5-3-8-22(13)15-12-7-9-24-17(12)19-10-18-15/h2,4,6-7,9-10,13H,3,5,8H2,1H3,(H,20,21,23). The minimum absolute atomic E-state index is 0.0346. The third kappa shape index (κ3) is 2.71. The molecule has 0 bridgehead atoms. The number of pyridine rings is 1. The van der Waals surface area contributed by atoms with Gasteiger partial charge in [0.05, 0.1) is 5.39 Å². The van der Waals surface area contributed by atoms with E-state index in [2.05, 4.69) is 25.2 Å². The molecule has 24 heavy (non-hydrogen) atoms. The van der Waals surface area contributed by atoms with E-state index in [0.717, 1.165) is 41.1 Å². The number of thiophene rings is 1. The van der Waals surface area contributed by atoms with Gasteiger partial charge in [-0.05, 0) is 43.3 Å². The SMILES string of the molecule is Cc1cccc(NC(=O)C2CCCN2c2ncnc3sccc23)n1. The van der Waals surface area contributed by atoms with Crippen molar-refractivity contribution in [2.24, 2.45) is 0 Å². The van der Waals surface area contributed by atoms with Crippen LogP contribution >= 0.6 is 11.3 Å². The van der Waals surface area contributed by atoms with Gasteiger partial charge in [-0.15, -0.1) is 11.3 Å². The first kappa shape index (κ1) is 15.0. The normalized spacial score (nSPS) is 17.4. The van der Waals surface area contributed by atoms with E-state index >= 15 is 0 Å². The maximum atomic E-state index is 12.8. The van der Waals surface area contributed by atoms with E-state index in [9.17, 15) is 4.79 Å². The van der Waals surface area contributed by atoms with Crippen molar-refractivity contribution in [1.82, 2.24) is 15.0 Å². The Hall–Kier alpha value is -2.54. The van der Waals surface area contributed by atoms with Crippen LogP contribution in [0.2, 0.25) is 0 Å². The molecule has 1 atom stereocenters. The Bertz CT molecular complexity index is 893. The number of aryl methyl sites for hydroxylation is 1. The number of rotatable bonds is 3. The van der Waals surface area contributed by atoms with Crippen molar-refractivity contribution in [2.45, 2.75) is 25.8 Å². The van der Waals surface area contributed by atoms with E-state index in [0.29, 0.717) is 5.82 Å². The van der Waals surface area contributed by atoms with Crippen LogP contribution in [0.4, 0.5) is 11.6 Å². The van der Waals surface area contributed by atoms with Crippen LogP contribution in [-0.2, 0) is 4.79 Å². The number of carbonyl (C=O) groups is 1. The monoisotopic (exact) mass is 339 g/mol. The second kappa shape index (κ2) is 6.16. The molecule has 0 radical (unpaired) electrons. The maximum absolute atomic E-state index is 12.8. The Morgan fingerprint density at radius 3 is 3.12 bits per heavy atom. The summed E-state index contributed by atoms with van der Waals surface area (Å²) in [7, 11) is 0. The van der Waals surface area contributed by atoms with Crippen molar-refractivity contribution in [3.63, 3.8) is 0 Å². The first-order chi connectivity index (χ1) is 11.7. The van der Waals surface area contributed by atoms with Crippen molar-refractivity contribution in [2.75, 3.05) is 16.8 Å². The largest absolute Gasteiger partial charge is 0.344 e. The summed E-state index contributed by atoms with van der Waals surface area (Å²) in [6, 6.07) is 7.40. The quantitative estimate of drug-likeness (QED) is 0.794. The average Bonchev–Trinajstić information content (AvgIpc) is 3.23. The number of nitrogens with zero attached hydrogens (tertiary/aromatic N) is 4. The molecule has 6 nitrogen and oxygen atoms in total. The zero-order chi connectivity index (χ0) is 16.5. The summed E-state index contributed by atoms with van der Waals surface area (Å²) in [5.74, 6) is 1.40. The predicted octanol–water partition coefficient (Wildman–Crippen LogP) is 3.00. The highest BCUT2D eigenvalue weighted by Gasteiger charge is 2.33.